The van der Waals surface area contributed by atoms with Gasteiger partial charge in [-0.05, 0) is 11.3 Å². The predicted octanol–water partition coefficient (Wildman–Crippen LogP) is 1.61. The van der Waals surface area contributed by atoms with Crippen LogP contribution in [-0.4, -0.2) is 31.0 Å². The van der Waals surface area contributed by atoms with Gasteiger partial charge < -0.3 is 4.90 Å². The molecule has 0 N–H and O–H groups in total. The van der Waals surface area contributed by atoms with E-state index in [1.807, 2.05) is 7.05 Å². The van der Waals surface area contributed by atoms with Gasteiger partial charge in [0.1, 0.15) is 6.34 Å². The van der Waals surface area contributed by atoms with Crippen LogP contribution < -0.4 is 0 Å². The van der Waals surface area contributed by atoms with Crippen LogP contribution in [0.4, 0.5) is 0 Å². The molecular formula is C9H17N3. The molecule has 0 spiro atoms. The van der Waals surface area contributed by atoms with Gasteiger partial charge in [0.2, 0.25) is 0 Å². The number of nitrogens with zero attached hydrogens (tertiary/aromatic N) is 3. The molecule has 0 radical (unpaired) electrons. The van der Waals surface area contributed by atoms with Crippen LogP contribution in [0.5, 0.6) is 0 Å². The van der Waals surface area contributed by atoms with Gasteiger partial charge >= 0.3 is 0 Å². The lowest BCUT2D eigenvalue weighted by atomic mass is 10.1. The van der Waals surface area contributed by atoms with Crippen molar-refractivity contribution in [2.24, 2.45) is 21.5 Å². The molecule has 3 nitrogen and oxygen atoms in total. The third-order valence-electron chi connectivity index (χ3n) is 3.05. The molecular weight excluding hydrogens is 150 g/mol. The Kier molecular flexibility index (Phi) is 2.22. The highest BCUT2D eigenvalue weighted by Crippen LogP contribution is 2.53. The van der Waals surface area contributed by atoms with Crippen molar-refractivity contribution in [3.8, 4) is 0 Å². The summed E-state index contributed by atoms with van der Waals surface area (Å²) in [5, 5.41) is 7.18. The molecule has 0 aliphatic heterocycles. The Balaban J connectivity index is 2.52. The molecule has 68 valence electrons. The molecule has 12 heavy (non-hydrogen) atoms. The van der Waals surface area contributed by atoms with E-state index in [1.165, 1.54) is 0 Å². The third-order valence-corrected chi connectivity index (χ3v) is 3.05. The summed E-state index contributed by atoms with van der Waals surface area (Å²) >= 11 is 0. The van der Waals surface area contributed by atoms with Crippen molar-refractivity contribution in [2.75, 3.05) is 7.05 Å². The largest absolute Gasteiger partial charge is 0.360 e. The maximum Gasteiger partial charge on any atom is 0.114 e. The third kappa shape index (κ3) is 1.36. The zero-order valence-corrected chi connectivity index (χ0v) is 8.28. The minimum atomic E-state index is 0.419. The number of hydrogen-bond acceptors (Lipinski definition) is 2. The van der Waals surface area contributed by atoms with Gasteiger partial charge in [-0.2, -0.15) is 5.10 Å². The molecule has 1 aliphatic rings. The molecule has 1 saturated carbocycles. The number of hydrogen-bond donors (Lipinski definition) is 0. The molecule has 1 aliphatic carbocycles. The van der Waals surface area contributed by atoms with Crippen molar-refractivity contribution < 1.29 is 0 Å². The van der Waals surface area contributed by atoms with E-state index >= 15 is 0 Å². The van der Waals surface area contributed by atoms with Crippen molar-refractivity contribution >= 4 is 13.1 Å². The fraction of sp³-hybridized carbons (Fsp3) is 0.778. The van der Waals surface area contributed by atoms with Crippen LogP contribution in [0.1, 0.15) is 20.8 Å². The summed E-state index contributed by atoms with van der Waals surface area (Å²) in [5.41, 5.74) is 0.419. The van der Waals surface area contributed by atoms with E-state index in [0.717, 1.165) is 5.92 Å². The van der Waals surface area contributed by atoms with Crippen molar-refractivity contribution in [1.82, 2.24) is 4.90 Å². The van der Waals surface area contributed by atoms with Gasteiger partial charge in [0.15, 0.2) is 0 Å². The van der Waals surface area contributed by atoms with Gasteiger partial charge in [0.05, 0.1) is 0 Å². The molecule has 0 aromatic heterocycles. The van der Waals surface area contributed by atoms with Crippen molar-refractivity contribution in [3.63, 3.8) is 0 Å². The molecule has 0 aromatic rings. The fourth-order valence-corrected chi connectivity index (χ4v) is 1.93. The van der Waals surface area contributed by atoms with Gasteiger partial charge in [0, 0.05) is 19.8 Å². The van der Waals surface area contributed by atoms with Crippen molar-refractivity contribution in [1.29, 1.82) is 0 Å². The summed E-state index contributed by atoms with van der Waals surface area (Å²) in [5.74, 6) is 0.735. The van der Waals surface area contributed by atoms with Gasteiger partial charge in [-0.3, -0.25) is 0 Å². The van der Waals surface area contributed by atoms with Crippen LogP contribution in [0.15, 0.2) is 10.2 Å². The van der Waals surface area contributed by atoms with E-state index in [-0.39, 0.29) is 0 Å². The van der Waals surface area contributed by atoms with E-state index in [9.17, 15) is 0 Å². The second-order valence-corrected chi connectivity index (χ2v) is 4.09. The highest BCUT2D eigenvalue weighted by Gasteiger charge is 2.56. The highest BCUT2D eigenvalue weighted by atomic mass is 15.3. The van der Waals surface area contributed by atoms with E-state index < -0.39 is 0 Å². The predicted molar refractivity (Wildman–Crippen MR) is 52.5 cm³/mol. The van der Waals surface area contributed by atoms with Crippen molar-refractivity contribution in [3.05, 3.63) is 0 Å². The normalized spacial score (nSPS) is 32.0. The quantitative estimate of drug-likeness (QED) is 0.356. The Bertz CT molecular complexity index is 208. The summed E-state index contributed by atoms with van der Waals surface area (Å²) in [6, 6.07) is 0.600. The molecule has 0 heterocycles. The molecule has 0 saturated heterocycles. The van der Waals surface area contributed by atoms with Crippen LogP contribution >= 0.6 is 0 Å². The van der Waals surface area contributed by atoms with Crippen molar-refractivity contribution in [2.45, 2.75) is 26.8 Å². The average Bonchev–Trinajstić information content (AvgIpc) is 2.47. The second kappa shape index (κ2) is 2.88. The van der Waals surface area contributed by atoms with Crippen LogP contribution in [0.3, 0.4) is 0 Å². The van der Waals surface area contributed by atoms with Crippen LogP contribution in [-0.2, 0) is 0 Å². The lowest BCUT2D eigenvalue weighted by molar-refractivity contribution is 0.428. The lowest BCUT2D eigenvalue weighted by Gasteiger charge is -2.13. The first-order valence-corrected chi connectivity index (χ1v) is 4.23. The zero-order chi connectivity index (χ0) is 9.35. The Morgan fingerprint density at radius 3 is 2.33 bits per heavy atom. The monoisotopic (exact) mass is 167 g/mol. The van der Waals surface area contributed by atoms with Gasteiger partial charge in [-0.25, -0.2) is 0 Å². The summed E-state index contributed by atoms with van der Waals surface area (Å²) in [6.07, 6.45) is 1.74. The van der Waals surface area contributed by atoms with E-state index in [4.69, 9.17) is 0 Å². The molecule has 0 aromatic carbocycles. The van der Waals surface area contributed by atoms with E-state index in [1.54, 1.807) is 6.34 Å². The first kappa shape index (κ1) is 9.23. The van der Waals surface area contributed by atoms with Gasteiger partial charge in [-0.1, -0.05) is 20.8 Å². The SMILES string of the molecule is C=N/N=C\N(C)C1C(C)C1(C)C. The molecule has 3 heteroatoms. The summed E-state index contributed by atoms with van der Waals surface area (Å²) < 4.78 is 0. The fourth-order valence-electron chi connectivity index (χ4n) is 1.93. The molecule has 1 fully saturated rings. The average molecular weight is 167 g/mol. The second-order valence-electron chi connectivity index (χ2n) is 4.09. The Hall–Kier alpha value is -0.860. The molecule has 2 atom stereocenters. The molecule has 1 rings (SSSR count). The number of rotatable bonds is 3. The minimum absolute atomic E-state index is 0.419. The zero-order valence-electron chi connectivity index (χ0n) is 8.28. The maximum absolute atomic E-state index is 3.75. The van der Waals surface area contributed by atoms with E-state index in [2.05, 4.69) is 42.6 Å². The van der Waals surface area contributed by atoms with E-state index in [0.29, 0.717) is 11.5 Å². The summed E-state index contributed by atoms with van der Waals surface area (Å²) in [7, 11) is 2.03. The molecule has 0 amide bonds. The van der Waals surface area contributed by atoms with Crippen LogP contribution in [0.2, 0.25) is 0 Å². The Labute approximate surface area is 74.2 Å². The standard InChI is InChI=1S/C9H17N3/c1-7-8(9(7,2)3)12(5)6-11-10-4/h6-8H,4H2,1-3,5H3/b11-6-. The summed E-state index contributed by atoms with van der Waals surface area (Å²) in [4.78, 5) is 2.11. The van der Waals surface area contributed by atoms with Crippen LogP contribution in [0.25, 0.3) is 0 Å². The topological polar surface area (TPSA) is 28.0 Å². The summed E-state index contributed by atoms with van der Waals surface area (Å²) in [6.45, 7) is 10.1. The highest BCUT2D eigenvalue weighted by molar-refractivity contribution is 5.56. The van der Waals surface area contributed by atoms with Gasteiger partial charge in [0.25, 0.3) is 0 Å². The first-order valence-electron chi connectivity index (χ1n) is 4.23. The first-order chi connectivity index (χ1) is 5.51. The van der Waals surface area contributed by atoms with Crippen LogP contribution in [0, 0.1) is 11.3 Å². The Morgan fingerprint density at radius 2 is 2.00 bits per heavy atom. The molecule has 0 bridgehead atoms. The maximum atomic E-state index is 3.75. The smallest absolute Gasteiger partial charge is 0.114 e. The lowest BCUT2D eigenvalue weighted by Crippen LogP contribution is -2.22. The Morgan fingerprint density at radius 1 is 1.50 bits per heavy atom. The molecule has 2 unspecified atom stereocenters. The van der Waals surface area contributed by atoms with Gasteiger partial charge in [-0.15, -0.1) is 5.10 Å². The minimum Gasteiger partial charge on any atom is -0.360 e.